The average Bonchev–Trinajstić information content (AvgIpc) is 2.84. The van der Waals surface area contributed by atoms with E-state index in [-0.39, 0.29) is 6.03 Å². The summed E-state index contributed by atoms with van der Waals surface area (Å²) in [5.74, 6) is 0.601. The summed E-state index contributed by atoms with van der Waals surface area (Å²) in [5, 5.41) is 3.09. The summed E-state index contributed by atoms with van der Waals surface area (Å²) in [5.41, 5.74) is 5.02. The van der Waals surface area contributed by atoms with E-state index in [1.807, 2.05) is 4.90 Å². The summed E-state index contributed by atoms with van der Waals surface area (Å²) in [6.45, 7) is 9.75. The fraction of sp³-hybridized carbons (Fsp3) is 0.611. The van der Waals surface area contributed by atoms with Crippen molar-refractivity contribution in [3.63, 3.8) is 0 Å². The molecule has 1 atom stereocenters. The highest BCUT2D eigenvalue weighted by Gasteiger charge is 2.26. The Morgan fingerprint density at radius 1 is 1.27 bits per heavy atom. The lowest BCUT2D eigenvalue weighted by Gasteiger charge is -2.20. The minimum absolute atomic E-state index is 0.0700. The standard InChI is InChI=1S/C18H29N3O/c1-13-8-14(2)17(15(3)9-13)10-19-18(22)21-7-6-16(12-21)11-20(4)5/h8-9,16H,6-7,10-12H2,1-5H3,(H,19,22)/t16-/m0/s1. The summed E-state index contributed by atoms with van der Waals surface area (Å²) in [6.07, 6.45) is 1.11. The van der Waals surface area contributed by atoms with Gasteiger partial charge in [0.05, 0.1) is 0 Å². The molecule has 2 amide bonds. The minimum Gasteiger partial charge on any atom is -0.334 e. The lowest BCUT2D eigenvalue weighted by atomic mass is 10.00. The maximum atomic E-state index is 12.3. The van der Waals surface area contributed by atoms with Gasteiger partial charge in [0.15, 0.2) is 0 Å². The van der Waals surface area contributed by atoms with Crippen LogP contribution in [0.25, 0.3) is 0 Å². The van der Waals surface area contributed by atoms with Crippen molar-refractivity contribution in [2.24, 2.45) is 5.92 Å². The van der Waals surface area contributed by atoms with Crippen LogP contribution in [0, 0.1) is 26.7 Å². The molecule has 0 aliphatic carbocycles. The van der Waals surface area contributed by atoms with Gasteiger partial charge in [0.1, 0.15) is 0 Å². The summed E-state index contributed by atoms with van der Waals surface area (Å²) >= 11 is 0. The molecule has 1 aromatic rings. The largest absolute Gasteiger partial charge is 0.334 e. The number of aryl methyl sites for hydroxylation is 3. The number of nitrogens with zero attached hydrogens (tertiary/aromatic N) is 2. The van der Waals surface area contributed by atoms with Gasteiger partial charge >= 0.3 is 6.03 Å². The number of urea groups is 1. The van der Waals surface area contributed by atoms with Crippen LogP contribution in [0.1, 0.15) is 28.7 Å². The number of hydrogen-bond donors (Lipinski definition) is 1. The number of likely N-dealkylation sites (tertiary alicyclic amines) is 1. The van der Waals surface area contributed by atoms with Gasteiger partial charge in [-0.2, -0.15) is 0 Å². The van der Waals surface area contributed by atoms with E-state index in [1.165, 1.54) is 22.3 Å². The predicted molar refractivity (Wildman–Crippen MR) is 91.1 cm³/mol. The van der Waals surface area contributed by atoms with Crippen LogP contribution in [-0.2, 0) is 6.54 Å². The Morgan fingerprint density at radius 2 is 1.91 bits per heavy atom. The molecule has 0 radical (unpaired) electrons. The maximum Gasteiger partial charge on any atom is 0.317 e. The smallest absolute Gasteiger partial charge is 0.317 e. The van der Waals surface area contributed by atoms with Crippen molar-refractivity contribution in [1.29, 1.82) is 0 Å². The van der Waals surface area contributed by atoms with Crippen LogP contribution in [0.15, 0.2) is 12.1 Å². The van der Waals surface area contributed by atoms with Gasteiger partial charge in [0, 0.05) is 26.2 Å². The first-order valence-corrected chi connectivity index (χ1v) is 8.11. The molecule has 0 aromatic heterocycles. The van der Waals surface area contributed by atoms with E-state index < -0.39 is 0 Å². The van der Waals surface area contributed by atoms with E-state index in [2.05, 4.69) is 57.2 Å². The van der Waals surface area contributed by atoms with Crippen molar-refractivity contribution in [2.75, 3.05) is 33.7 Å². The average molecular weight is 303 g/mol. The summed E-state index contributed by atoms with van der Waals surface area (Å²) in [4.78, 5) is 16.5. The topological polar surface area (TPSA) is 35.6 Å². The first-order chi connectivity index (χ1) is 10.4. The van der Waals surface area contributed by atoms with Crippen LogP contribution in [0.5, 0.6) is 0 Å². The van der Waals surface area contributed by atoms with Crippen LogP contribution in [0.3, 0.4) is 0 Å². The van der Waals surface area contributed by atoms with Crippen molar-refractivity contribution in [1.82, 2.24) is 15.1 Å². The zero-order valence-corrected chi connectivity index (χ0v) is 14.6. The quantitative estimate of drug-likeness (QED) is 0.928. The summed E-state index contributed by atoms with van der Waals surface area (Å²) in [6, 6.07) is 4.43. The number of nitrogens with one attached hydrogen (secondary N) is 1. The van der Waals surface area contributed by atoms with Crippen LogP contribution in [0.4, 0.5) is 4.79 Å². The molecule has 0 bridgehead atoms. The molecule has 0 spiro atoms. The molecule has 0 unspecified atom stereocenters. The number of benzene rings is 1. The highest BCUT2D eigenvalue weighted by atomic mass is 16.2. The molecule has 4 nitrogen and oxygen atoms in total. The molecule has 1 N–H and O–H groups in total. The monoisotopic (exact) mass is 303 g/mol. The Labute approximate surface area is 134 Å². The SMILES string of the molecule is Cc1cc(C)c(CNC(=O)N2CC[C@@H](CN(C)C)C2)c(C)c1. The zero-order valence-electron chi connectivity index (χ0n) is 14.6. The fourth-order valence-electron chi connectivity index (χ4n) is 3.45. The van der Waals surface area contributed by atoms with Crippen molar-refractivity contribution >= 4 is 6.03 Å². The molecular weight excluding hydrogens is 274 g/mol. The van der Waals surface area contributed by atoms with Crippen molar-refractivity contribution in [3.8, 4) is 0 Å². The van der Waals surface area contributed by atoms with E-state index in [9.17, 15) is 4.79 Å². The molecular formula is C18H29N3O. The molecule has 122 valence electrons. The lowest BCUT2D eigenvalue weighted by Crippen LogP contribution is -2.38. The third kappa shape index (κ3) is 4.23. The van der Waals surface area contributed by atoms with Gasteiger partial charge in [0.2, 0.25) is 0 Å². The third-order valence-corrected chi connectivity index (χ3v) is 4.45. The number of carbonyl (C=O) groups excluding carboxylic acids is 1. The number of amides is 2. The maximum absolute atomic E-state index is 12.3. The van der Waals surface area contributed by atoms with E-state index >= 15 is 0 Å². The normalized spacial score (nSPS) is 18.1. The van der Waals surface area contributed by atoms with Gasteiger partial charge in [0.25, 0.3) is 0 Å². The molecule has 1 heterocycles. The van der Waals surface area contributed by atoms with E-state index in [1.54, 1.807) is 0 Å². The molecule has 1 aliphatic heterocycles. The Bertz CT molecular complexity index is 516. The minimum atomic E-state index is 0.0700. The molecule has 1 aromatic carbocycles. The number of rotatable bonds is 4. The van der Waals surface area contributed by atoms with Crippen molar-refractivity contribution < 1.29 is 4.79 Å². The second-order valence-corrected chi connectivity index (χ2v) is 6.90. The molecule has 2 rings (SSSR count). The molecule has 1 aliphatic rings. The Morgan fingerprint density at radius 3 is 2.50 bits per heavy atom. The van der Waals surface area contributed by atoms with E-state index in [0.29, 0.717) is 12.5 Å². The van der Waals surface area contributed by atoms with E-state index in [0.717, 1.165) is 26.1 Å². The third-order valence-electron chi connectivity index (χ3n) is 4.45. The molecule has 22 heavy (non-hydrogen) atoms. The van der Waals surface area contributed by atoms with Gasteiger partial charge in [-0.15, -0.1) is 0 Å². The van der Waals surface area contributed by atoms with Gasteiger partial charge in [-0.3, -0.25) is 0 Å². The molecule has 1 saturated heterocycles. The summed E-state index contributed by atoms with van der Waals surface area (Å²) < 4.78 is 0. The Balaban J connectivity index is 1.89. The molecule has 0 saturated carbocycles. The Kier molecular flexibility index (Phi) is 5.46. The van der Waals surface area contributed by atoms with Crippen molar-refractivity contribution in [2.45, 2.75) is 33.7 Å². The highest BCUT2D eigenvalue weighted by molar-refractivity contribution is 5.74. The van der Waals surface area contributed by atoms with Crippen molar-refractivity contribution in [3.05, 3.63) is 34.4 Å². The molecule has 4 heteroatoms. The lowest BCUT2D eigenvalue weighted by molar-refractivity contribution is 0.205. The van der Waals surface area contributed by atoms with Crippen LogP contribution in [0.2, 0.25) is 0 Å². The number of carbonyl (C=O) groups is 1. The van der Waals surface area contributed by atoms with E-state index in [4.69, 9.17) is 0 Å². The Hall–Kier alpha value is -1.55. The summed E-state index contributed by atoms with van der Waals surface area (Å²) in [7, 11) is 4.18. The second-order valence-electron chi connectivity index (χ2n) is 6.90. The zero-order chi connectivity index (χ0) is 16.3. The van der Waals surface area contributed by atoms with Crippen LogP contribution in [-0.4, -0.2) is 49.6 Å². The number of hydrogen-bond acceptors (Lipinski definition) is 2. The second kappa shape index (κ2) is 7.14. The predicted octanol–water partition coefficient (Wildman–Crippen LogP) is 2.70. The van der Waals surface area contributed by atoms with Gasteiger partial charge in [-0.1, -0.05) is 17.7 Å². The van der Waals surface area contributed by atoms with Gasteiger partial charge in [-0.25, -0.2) is 4.79 Å². The highest BCUT2D eigenvalue weighted by Crippen LogP contribution is 2.18. The fourth-order valence-corrected chi connectivity index (χ4v) is 3.45. The first kappa shape index (κ1) is 16.8. The van der Waals surface area contributed by atoms with Crippen LogP contribution < -0.4 is 5.32 Å². The van der Waals surface area contributed by atoms with Crippen LogP contribution >= 0.6 is 0 Å². The van der Waals surface area contributed by atoms with Gasteiger partial charge in [-0.05, 0) is 63.9 Å². The van der Waals surface area contributed by atoms with Gasteiger partial charge < -0.3 is 15.1 Å². The first-order valence-electron chi connectivity index (χ1n) is 8.11. The molecule has 1 fully saturated rings.